The molecule has 7 nitrogen and oxygen atoms in total. The summed E-state index contributed by atoms with van der Waals surface area (Å²) in [4.78, 5) is 16.8. The summed E-state index contributed by atoms with van der Waals surface area (Å²) in [5.74, 6) is 7.76. The van der Waals surface area contributed by atoms with Crippen molar-refractivity contribution in [3.8, 4) is 17.2 Å². The first-order valence-corrected chi connectivity index (χ1v) is 11.5. The van der Waals surface area contributed by atoms with Crippen molar-refractivity contribution in [1.82, 2.24) is 15.9 Å². The first-order valence-electron chi connectivity index (χ1n) is 11.5. The fraction of sp³-hybridized carbons (Fsp3) is 0.259. The van der Waals surface area contributed by atoms with Crippen LogP contribution in [0.4, 0.5) is 0 Å². The highest BCUT2D eigenvalue weighted by Gasteiger charge is 2.43. The van der Waals surface area contributed by atoms with E-state index in [-0.39, 0.29) is 11.3 Å². The average molecular weight is 457 g/mol. The molecule has 1 heterocycles. The third-order valence-electron chi connectivity index (χ3n) is 6.39. The van der Waals surface area contributed by atoms with Gasteiger partial charge in [0.05, 0.1) is 11.1 Å². The van der Waals surface area contributed by atoms with Crippen molar-refractivity contribution < 1.29 is 14.3 Å². The highest BCUT2D eigenvalue weighted by molar-refractivity contribution is 6.08. The minimum absolute atomic E-state index is 0.105. The normalized spacial score (nSPS) is 14.3. The molecule has 0 aliphatic heterocycles. The number of Topliss-reactive ketones (excluding diaryl/α,β-unsaturated/α-hetero) is 1. The van der Waals surface area contributed by atoms with Crippen molar-refractivity contribution in [1.29, 1.82) is 0 Å². The van der Waals surface area contributed by atoms with Gasteiger partial charge in [-0.05, 0) is 66.4 Å². The molecule has 1 saturated carbocycles. The van der Waals surface area contributed by atoms with E-state index in [4.69, 9.17) is 15.3 Å². The van der Waals surface area contributed by atoms with Gasteiger partial charge in [-0.3, -0.25) is 15.6 Å². The number of nitrogens with zero attached hydrogens (tertiary/aromatic N) is 1. The van der Waals surface area contributed by atoms with Crippen LogP contribution in [0.3, 0.4) is 0 Å². The number of hydrogen-bond acceptors (Lipinski definition) is 7. The Morgan fingerprint density at radius 1 is 1.09 bits per heavy atom. The number of pyridine rings is 1. The highest BCUT2D eigenvalue weighted by atomic mass is 16.5. The van der Waals surface area contributed by atoms with Crippen LogP contribution in [0, 0.1) is 6.92 Å². The molecule has 5 rings (SSSR count). The van der Waals surface area contributed by atoms with Crippen molar-refractivity contribution >= 4 is 27.5 Å². The van der Waals surface area contributed by atoms with E-state index in [1.165, 1.54) is 0 Å². The summed E-state index contributed by atoms with van der Waals surface area (Å²) in [7, 11) is 0. The van der Waals surface area contributed by atoms with E-state index < -0.39 is 0 Å². The largest absolute Gasteiger partial charge is 0.491 e. The molecule has 0 atom stereocenters. The van der Waals surface area contributed by atoms with Crippen molar-refractivity contribution in [2.45, 2.75) is 38.6 Å². The van der Waals surface area contributed by atoms with E-state index in [1.807, 2.05) is 68.4 Å². The van der Waals surface area contributed by atoms with Crippen molar-refractivity contribution in [3.05, 3.63) is 71.9 Å². The fourth-order valence-electron chi connectivity index (χ4n) is 4.21. The zero-order valence-electron chi connectivity index (χ0n) is 19.4. The quantitative estimate of drug-likeness (QED) is 0.186. The van der Waals surface area contributed by atoms with Gasteiger partial charge in [0.2, 0.25) is 0 Å². The van der Waals surface area contributed by atoms with E-state index in [2.05, 4.69) is 15.9 Å². The molecule has 1 aliphatic rings. The zero-order chi connectivity index (χ0) is 23.7. The number of carbonyl (C=O) groups is 1. The van der Waals surface area contributed by atoms with Crippen LogP contribution in [-0.4, -0.2) is 22.9 Å². The van der Waals surface area contributed by atoms with Crippen LogP contribution in [-0.2, 0) is 0 Å². The van der Waals surface area contributed by atoms with Gasteiger partial charge in [0.1, 0.15) is 23.9 Å². The molecule has 0 saturated heterocycles. The summed E-state index contributed by atoms with van der Waals surface area (Å²) < 4.78 is 12.4. The second-order valence-electron chi connectivity index (χ2n) is 8.85. The number of nitrogens with one attached hydrogen (secondary N) is 2. The molecule has 3 aromatic carbocycles. The molecule has 7 heteroatoms. The SMILES string of the molecule is CCC(=O)c1cccc2cc(Oc3ccnc4cc(OCC5(NNN)CC5)c(C)cc34)ccc12. The molecule has 34 heavy (non-hydrogen) atoms. The van der Waals surface area contributed by atoms with Crippen LogP contribution >= 0.6 is 0 Å². The average Bonchev–Trinajstić information content (AvgIpc) is 3.62. The number of aromatic nitrogens is 1. The van der Waals surface area contributed by atoms with Crippen LogP contribution < -0.4 is 26.3 Å². The predicted octanol–water partition coefficient (Wildman–Crippen LogP) is 4.96. The minimum atomic E-state index is -0.105. The van der Waals surface area contributed by atoms with Gasteiger partial charge in [-0.15, -0.1) is 0 Å². The number of aryl methyl sites for hydroxylation is 1. The van der Waals surface area contributed by atoms with E-state index in [0.29, 0.717) is 24.5 Å². The lowest BCUT2D eigenvalue weighted by molar-refractivity contribution is 0.0989. The lowest BCUT2D eigenvalue weighted by atomic mass is 10.00. The van der Waals surface area contributed by atoms with E-state index in [1.54, 1.807) is 6.20 Å². The highest BCUT2D eigenvalue weighted by Crippen LogP contribution is 2.37. The second-order valence-corrected chi connectivity index (χ2v) is 8.85. The predicted molar refractivity (Wildman–Crippen MR) is 133 cm³/mol. The number of benzene rings is 3. The molecule has 1 fully saturated rings. The lowest BCUT2D eigenvalue weighted by Gasteiger charge is -2.18. The Kier molecular flexibility index (Phi) is 5.91. The van der Waals surface area contributed by atoms with Gasteiger partial charge in [0.15, 0.2) is 5.78 Å². The van der Waals surface area contributed by atoms with Crippen molar-refractivity contribution in [2.24, 2.45) is 5.84 Å². The number of nitrogens with two attached hydrogens (primary N) is 1. The van der Waals surface area contributed by atoms with Gasteiger partial charge < -0.3 is 9.47 Å². The van der Waals surface area contributed by atoms with Gasteiger partial charge >= 0.3 is 0 Å². The number of hydrazine groups is 2. The Hall–Kier alpha value is -3.52. The van der Waals surface area contributed by atoms with Crippen LogP contribution in [0.1, 0.15) is 42.1 Å². The maximum absolute atomic E-state index is 12.3. The van der Waals surface area contributed by atoms with Gasteiger partial charge in [-0.2, -0.15) is 5.53 Å². The van der Waals surface area contributed by atoms with E-state index in [9.17, 15) is 4.79 Å². The molecule has 1 aromatic heterocycles. The number of ketones is 1. The van der Waals surface area contributed by atoms with E-state index in [0.717, 1.165) is 51.4 Å². The fourth-order valence-corrected chi connectivity index (χ4v) is 4.21. The van der Waals surface area contributed by atoms with Gasteiger partial charge in [-0.1, -0.05) is 25.1 Å². The molecule has 1 aliphatic carbocycles. The summed E-state index contributed by atoms with van der Waals surface area (Å²) in [6, 6.07) is 17.5. The first-order chi connectivity index (χ1) is 16.5. The molecule has 4 aromatic rings. The molecular formula is C27H28N4O3. The van der Waals surface area contributed by atoms with Gasteiger partial charge in [0.25, 0.3) is 0 Å². The maximum atomic E-state index is 12.3. The monoisotopic (exact) mass is 456 g/mol. The zero-order valence-corrected chi connectivity index (χ0v) is 19.4. The Balaban J connectivity index is 1.42. The summed E-state index contributed by atoms with van der Waals surface area (Å²) in [5, 5.41) is 2.81. The lowest BCUT2D eigenvalue weighted by Crippen LogP contribution is -2.49. The van der Waals surface area contributed by atoms with Crippen LogP contribution in [0.15, 0.2) is 60.8 Å². The smallest absolute Gasteiger partial charge is 0.163 e. The summed E-state index contributed by atoms with van der Waals surface area (Å²) >= 11 is 0. The third-order valence-corrected chi connectivity index (χ3v) is 6.39. The molecule has 0 bridgehead atoms. The topological polar surface area (TPSA) is 98.5 Å². The van der Waals surface area contributed by atoms with E-state index >= 15 is 0 Å². The minimum Gasteiger partial charge on any atom is -0.491 e. The Morgan fingerprint density at radius 2 is 1.94 bits per heavy atom. The number of carbonyl (C=O) groups excluding carboxylic acids is 1. The Bertz CT molecular complexity index is 1380. The number of hydrogen-bond donors (Lipinski definition) is 3. The van der Waals surface area contributed by atoms with Crippen LogP contribution in [0.2, 0.25) is 0 Å². The molecular weight excluding hydrogens is 428 g/mol. The second kappa shape index (κ2) is 9.02. The number of ether oxygens (including phenoxy) is 2. The molecule has 0 spiro atoms. The molecule has 4 N–H and O–H groups in total. The van der Waals surface area contributed by atoms with Crippen LogP contribution in [0.25, 0.3) is 21.7 Å². The molecule has 0 unspecified atom stereocenters. The summed E-state index contributed by atoms with van der Waals surface area (Å²) in [5.41, 5.74) is 8.04. The summed E-state index contributed by atoms with van der Waals surface area (Å²) in [6.45, 7) is 4.42. The van der Waals surface area contributed by atoms with Gasteiger partial charge in [-0.25, -0.2) is 5.43 Å². The number of rotatable bonds is 9. The molecule has 0 amide bonds. The third kappa shape index (κ3) is 4.33. The Morgan fingerprint density at radius 3 is 2.71 bits per heavy atom. The summed E-state index contributed by atoms with van der Waals surface area (Å²) in [6.07, 6.45) is 4.24. The number of fused-ring (bicyclic) bond motifs is 2. The van der Waals surface area contributed by atoms with Crippen molar-refractivity contribution in [3.63, 3.8) is 0 Å². The molecule has 0 radical (unpaired) electrons. The Labute approximate surface area is 198 Å². The molecule has 174 valence electrons. The van der Waals surface area contributed by atoms with Gasteiger partial charge in [0, 0.05) is 29.6 Å². The van der Waals surface area contributed by atoms with Crippen LogP contribution in [0.5, 0.6) is 17.2 Å². The standard InChI is InChI=1S/C27H28N4O3/c1-3-24(32)21-6-4-5-18-14-19(7-8-20(18)21)34-25-9-12-29-23-15-26(17(2)13-22(23)25)33-16-27(10-11-27)30-31-28/h4-9,12-15,30-31H,3,10-11,16,28H2,1-2H3. The van der Waals surface area contributed by atoms with Crippen molar-refractivity contribution in [2.75, 3.05) is 6.61 Å². The maximum Gasteiger partial charge on any atom is 0.163 e. The first kappa shape index (κ1) is 22.3.